The lowest BCUT2D eigenvalue weighted by Gasteiger charge is -2.10. The van der Waals surface area contributed by atoms with Crippen LogP contribution in [-0.2, 0) is 0 Å². The van der Waals surface area contributed by atoms with Crippen molar-refractivity contribution in [1.82, 2.24) is 19.9 Å². The van der Waals surface area contributed by atoms with Crippen molar-refractivity contribution in [3.63, 3.8) is 0 Å². The average Bonchev–Trinajstić information content (AvgIpc) is 2.34. The minimum absolute atomic E-state index is 0.734. The molecule has 0 unspecified atom stereocenters. The van der Waals surface area contributed by atoms with Crippen LogP contribution >= 0.6 is 0 Å². The summed E-state index contributed by atoms with van der Waals surface area (Å²) in [7, 11) is 4.15. The lowest BCUT2D eigenvalue weighted by Crippen LogP contribution is -2.16. The summed E-state index contributed by atoms with van der Waals surface area (Å²) in [5.74, 6) is 0.863. The van der Waals surface area contributed by atoms with Crippen molar-refractivity contribution in [1.29, 1.82) is 0 Å². The third-order valence-electron chi connectivity index (χ3n) is 2.48. The minimum Gasteiger partial charge on any atom is -0.369 e. The standard InChI is InChI=1S/C12H17N5/c1-17(2)8-4-7-14-12-10-5-3-6-13-11(10)15-9-16-12/h3,5-6,9H,4,7-8H2,1-2H3,(H,13,14,15,16). The van der Waals surface area contributed by atoms with Crippen molar-refractivity contribution in [3.8, 4) is 0 Å². The second kappa shape index (κ2) is 5.54. The van der Waals surface area contributed by atoms with Gasteiger partial charge in [-0.05, 0) is 39.2 Å². The molecular weight excluding hydrogens is 214 g/mol. The number of fused-ring (bicyclic) bond motifs is 1. The molecule has 2 aromatic heterocycles. The summed E-state index contributed by atoms with van der Waals surface area (Å²) in [5.41, 5.74) is 0.734. The molecular formula is C12H17N5. The summed E-state index contributed by atoms with van der Waals surface area (Å²) in [6, 6.07) is 3.88. The smallest absolute Gasteiger partial charge is 0.164 e. The Kier molecular flexibility index (Phi) is 3.82. The Hall–Kier alpha value is -1.75. The molecule has 0 aliphatic carbocycles. The highest BCUT2D eigenvalue weighted by molar-refractivity contribution is 5.85. The van der Waals surface area contributed by atoms with Crippen LogP contribution in [0.5, 0.6) is 0 Å². The topological polar surface area (TPSA) is 53.9 Å². The van der Waals surface area contributed by atoms with Crippen molar-refractivity contribution in [3.05, 3.63) is 24.7 Å². The van der Waals surface area contributed by atoms with Gasteiger partial charge in [0, 0.05) is 12.7 Å². The molecule has 2 heterocycles. The highest BCUT2D eigenvalue weighted by Crippen LogP contribution is 2.15. The Morgan fingerprint density at radius 1 is 1.24 bits per heavy atom. The highest BCUT2D eigenvalue weighted by atomic mass is 15.1. The molecule has 0 amide bonds. The van der Waals surface area contributed by atoms with Gasteiger partial charge in [0.25, 0.3) is 0 Å². The van der Waals surface area contributed by atoms with E-state index in [1.54, 1.807) is 12.5 Å². The van der Waals surface area contributed by atoms with Crippen molar-refractivity contribution < 1.29 is 0 Å². The average molecular weight is 231 g/mol. The molecule has 17 heavy (non-hydrogen) atoms. The molecule has 1 N–H and O–H groups in total. The second-order valence-electron chi connectivity index (χ2n) is 4.18. The van der Waals surface area contributed by atoms with Gasteiger partial charge in [0.1, 0.15) is 12.1 Å². The molecule has 0 saturated carbocycles. The predicted octanol–water partition coefficient (Wildman–Crippen LogP) is 1.39. The lowest BCUT2D eigenvalue weighted by molar-refractivity contribution is 0.405. The molecule has 0 fully saturated rings. The molecule has 0 bridgehead atoms. The molecule has 5 nitrogen and oxygen atoms in total. The quantitative estimate of drug-likeness (QED) is 0.788. The van der Waals surface area contributed by atoms with E-state index >= 15 is 0 Å². The number of hydrogen-bond donors (Lipinski definition) is 1. The molecule has 0 spiro atoms. The van der Waals surface area contributed by atoms with Crippen molar-refractivity contribution in [2.75, 3.05) is 32.5 Å². The molecule has 0 aromatic carbocycles. The molecule has 90 valence electrons. The summed E-state index contributed by atoms with van der Waals surface area (Å²) in [6.45, 7) is 1.97. The van der Waals surface area contributed by atoms with Crippen LogP contribution in [0.25, 0.3) is 11.0 Å². The summed E-state index contributed by atoms with van der Waals surface area (Å²) in [5, 5.41) is 4.30. The molecule has 2 rings (SSSR count). The van der Waals surface area contributed by atoms with Gasteiger partial charge in [-0.15, -0.1) is 0 Å². The van der Waals surface area contributed by atoms with Gasteiger partial charge in [0.2, 0.25) is 0 Å². The maximum Gasteiger partial charge on any atom is 0.164 e. The van der Waals surface area contributed by atoms with Crippen molar-refractivity contribution in [2.45, 2.75) is 6.42 Å². The normalized spacial score (nSPS) is 11.0. The molecule has 5 heteroatoms. The van der Waals surface area contributed by atoms with Crippen LogP contribution in [0.1, 0.15) is 6.42 Å². The number of aromatic nitrogens is 3. The van der Waals surface area contributed by atoms with E-state index in [1.165, 1.54) is 0 Å². The zero-order chi connectivity index (χ0) is 12.1. The Balaban J connectivity index is 2.03. The maximum absolute atomic E-state index is 4.25. The van der Waals surface area contributed by atoms with E-state index in [0.29, 0.717) is 0 Å². The molecule has 0 aliphatic rings. The Morgan fingerprint density at radius 3 is 2.94 bits per heavy atom. The largest absolute Gasteiger partial charge is 0.369 e. The highest BCUT2D eigenvalue weighted by Gasteiger charge is 2.02. The summed E-state index contributed by atoms with van der Waals surface area (Å²) >= 11 is 0. The van der Waals surface area contributed by atoms with Gasteiger partial charge < -0.3 is 10.2 Å². The fraction of sp³-hybridized carbons (Fsp3) is 0.417. The van der Waals surface area contributed by atoms with Crippen LogP contribution in [0, 0.1) is 0 Å². The first-order valence-electron chi connectivity index (χ1n) is 5.71. The second-order valence-corrected chi connectivity index (χ2v) is 4.18. The number of hydrogen-bond acceptors (Lipinski definition) is 5. The first kappa shape index (κ1) is 11.7. The summed E-state index contributed by atoms with van der Waals surface area (Å²) < 4.78 is 0. The van der Waals surface area contributed by atoms with Crippen LogP contribution in [0.2, 0.25) is 0 Å². The van der Waals surface area contributed by atoms with E-state index in [-0.39, 0.29) is 0 Å². The van der Waals surface area contributed by atoms with E-state index < -0.39 is 0 Å². The van der Waals surface area contributed by atoms with E-state index in [2.05, 4.69) is 39.3 Å². The fourth-order valence-corrected chi connectivity index (χ4v) is 1.64. The first-order chi connectivity index (χ1) is 8.27. The lowest BCUT2D eigenvalue weighted by atomic mass is 10.3. The Labute approximate surface area is 101 Å². The van der Waals surface area contributed by atoms with Crippen LogP contribution in [-0.4, -0.2) is 47.0 Å². The zero-order valence-electron chi connectivity index (χ0n) is 10.2. The first-order valence-corrected chi connectivity index (χ1v) is 5.71. The monoisotopic (exact) mass is 231 g/mol. The van der Waals surface area contributed by atoms with Gasteiger partial charge in [-0.3, -0.25) is 0 Å². The molecule has 0 saturated heterocycles. The molecule has 0 aliphatic heterocycles. The van der Waals surface area contributed by atoms with E-state index in [9.17, 15) is 0 Å². The third kappa shape index (κ3) is 3.10. The third-order valence-corrected chi connectivity index (χ3v) is 2.48. The van der Waals surface area contributed by atoms with E-state index in [1.807, 2.05) is 12.1 Å². The van der Waals surface area contributed by atoms with E-state index in [0.717, 1.165) is 36.4 Å². The van der Waals surface area contributed by atoms with Crippen LogP contribution in [0.15, 0.2) is 24.7 Å². The van der Waals surface area contributed by atoms with Gasteiger partial charge in [0.05, 0.1) is 5.39 Å². The van der Waals surface area contributed by atoms with Gasteiger partial charge in [0.15, 0.2) is 5.65 Å². The summed E-state index contributed by atoms with van der Waals surface area (Å²) in [6.07, 6.45) is 4.37. The fourth-order valence-electron chi connectivity index (χ4n) is 1.64. The summed E-state index contributed by atoms with van der Waals surface area (Å²) in [4.78, 5) is 14.7. The van der Waals surface area contributed by atoms with Gasteiger partial charge in [-0.25, -0.2) is 15.0 Å². The molecule has 0 radical (unpaired) electrons. The number of nitrogens with zero attached hydrogens (tertiary/aromatic N) is 4. The Bertz CT molecular complexity index is 478. The SMILES string of the molecule is CN(C)CCCNc1ncnc2ncccc12. The van der Waals surface area contributed by atoms with Gasteiger partial charge in [-0.2, -0.15) is 0 Å². The zero-order valence-corrected chi connectivity index (χ0v) is 10.2. The van der Waals surface area contributed by atoms with Crippen molar-refractivity contribution in [2.24, 2.45) is 0 Å². The molecule has 0 atom stereocenters. The van der Waals surface area contributed by atoms with Crippen LogP contribution < -0.4 is 5.32 Å². The number of anilines is 1. The number of nitrogens with one attached hydrogen (secondary N) is 1. The Morgan fingerprint density at radius 2 is 2.12 bits per heavy atom. The maximum atomic E-state index is 4.25. The van der Waals surface area contributed by atoms with Crippen molar-refractivity contribution >= 4 is 16.9 Å². The van der Waals surface area contributed by atoms with E-state index in [4.69, 9.17) is 0 Å². The number of rotatable bonds is 5. The van der Waals surface area contributed by atoms with Gasteiger partial charge >= 0.3 is 0 Å². The minimum atomic E-state index is 0.734. The predicted molar refractivity (Wildman–Crippen MR) is 69.0 cm³/mol. The van der Waals surface area contributed by atoms with Crippen LogP contribution in [0.3, 0.4) is 0 Å². The van der Waals surface area contributed by atoms with Gasteiger partial charge in [-0.1, -0.05) is 0 Å². The molecule has 2 aromatic rings. The number of pyridine rings is 1. The van der Waals surface area contributed by atoms with Crippen LogP contribution in [0.4, 0.5) is 5.82 Å².